The van der Waals surface area contributed by atoms with Crippen molar-refractivity contribution in [2.75, 3.05) is 0 Å². The summed E-state index contributed by atoms with van der Waals surface area (Å²) in [5, 5.41) is 0.664. The van der Waals surface area contributed by atoms with Gasteiger partial charge in [-0.05, 0) is 19.1 Å². The molecule has 0 aliphatic rings. The molecule has 0 radical (unpaired) electrons. The Bertz CT molecular complexity index is 635. The summed E-state index contributed by atoms with van der Waals surface area (Å²) in [5.74, 6) is -0.634. The number of aromatic nitrogens is 1. The minimum absolute atomic E-state index is 0.230. The number of halogens is 2. The molecule has 0 N–H and O–H groups in total. The lowest BCUT2D eigenvalue weighted by Gasteiger charge is -1.97. The van der Waals surface area contributed by atoms with Crippen LogP contribution in [0.25, 0.3) is 10.2 Å². The number of benzene rings is 1. The van der Waals surface area contributed by atoms with Crippen molar-refractivity contribution in [1.82, 2.24) is 4.98 Å². The van der Waals surface area contributed by atoms with Crippen molar-refractivity contribution in [1.29, 1.82) is 0 Å². The number of fused-ring (bicyclic) bond motifs is 1. The monoisotopic (exact) mass is 265 g/mol. The summed E-state index contributed by atoms with van der Waals surface area (Å²) in [6.45, 7) is 1.72. The number of rotatable bonds is 1. The van der Waals surface area contributed by atoms with Crippen LogP contribution in [0.3, 0.4) is 0 Å². The summed E-state index contributed by atoms with van der Waals surface area (Å²) in [5.41, 5.74) is 0.230. The molecule has 0 aliphatic carbocycles. The van der Waals surface area contributed by atoms with Gasteiger partial charge in [0.2, 0.25) is 0 Å². The van der Waals surface area contributed by atoms with E-state index in [0.29, 0.717) is 9.71 Å². The van der Waals surface area contributed by atoms with Gasteiger partial charge in [0, 0.05) is 10.7 Å². The predicted molar refractivity (Wildman–Crippen MR) is 57.4 cm³/mol. The van der Waals surface area contributed by atoms with E-state index >= 15 is 0 Å². The van der Waals surface area contributed by atoms with E-state index in [4.69, 9.17) is 10.7 Å². The zero-order valence-corrected chi connectivity index (χ0v) is 9.88. The molecule has 0 spiro atoms. The average molecular weight is 266 g/mol. The van der Waals surface area contributed by atoms with E-state index in [-0.39, 0.29) is 10.4 Å². The Hall–Kier alpha value is -0.720. The molecule has 0 bridgehead atoms. The van der Waals surface area contributed by atoms with Gasteiger partial charge in [-0.15, -0.1) is 11.3 Å². The van der Waals surface area contributed by atoms with Crippen LogP contribution in [0.4, 0.5) is 4.39 Å². The van der Waals surface area contributed by atoms with Crippen LogP contribution in [0.5, 0.6) is 0 Å². The first-order valence-corrected chi connectivity index (χ1v) is 7.02. The third-order valence-corrected chi connectivity index (χ3v) is 4.05. The molecule has 1 heterocycles. The van der Waals surface area contributed by atoms with Gasteiger partial charge in [0.15, 0.2) is 0 Å². The lowest BCUT2D eigenvalue weighted by molar-refractivity contribution is 0.604. The maximum atomic E-state index is 13.1. The molecule has 2 rings (SSSR count). The van der Waals surface area contributed by atoms with Crippen LogP contribution in [0, 0.1) is 12.7 Å². The Labute approximate surface area is 93.9 Å². The van der Waals surface area contributed by atoms with Crippen LogP contribution in [0.2, 0.25) is 0 Å². The lowest BCUT2D eigenvalue weighted by atomic mass is 10.3. The molecule has 1 aromatic heterocycles. The summed E-state index contributed by atoms with van der Waals surface area (Å²) in [6.07, 6.45) is 0. The summed E-state index contributed by atoms with van der Waals surface area (Å²) < 4.78 is 35.9. The molecule has 7 heteroatoms. The van der Waals surface area contributed by atoms with Crippen molar-refractivity contribution in [2.45, 2.75) is 11.8 Å². The van der Waals surface area contributed by atoms with Gasteiger partial charge in [0.1, 0.15) is 16.2 Å². The van der Waals surface area contributed by atoms with E-state index in [1.165, 1.54) is 17.4 Å². The largest absolute Gasteiger partial charge is 0.263 e. The molecule has 0 aliphatic heterocycles. The van der Waals surface area contributed by atoms with Crippen LogP contribution in [-0.4, -0.2) is 13.4 Å². The number of aryl methyl sites for hydroxylation is 1. The van der Waals surface area contributed by atoms with Gasteiger partial charge in [-0.1, -0.05) is 0 Å². The second-order valence-corrected chi connectivity index (χ2v) is 6.69. The first-order chi connectivity index (χ1) is 6.88. The summed E-state index contributed by atoms with van der Waals surface area (Å²) in [4.78, 5) is 3.73. The van der Waals surface area contributed by atoms with Crippen LogP contribution in [-0.2, 0) is 9.05 Å². The maximum Gasteiger partial charge on any atom is 0.263 e. The van der Waals surface area contributed by atoms with Gasteiger partial charge in [-0.3, -0.25) is 0 Å². The maximum absolute atomic E-state index is 13.1. The Balaban J connectivity index is 2.94. The van der Waals surface area contributed by atoms with Crippen LogP contribution in [0.1, 0.15) is 5.01 Å². The molecule has 1 aromatic carbocycles. The zero-order chi connectivity index (χ0) is 11.2. The SMILES string of the molecule is Cc1nc2c(S(=O)(=O)Cl)cc(F)cc2s1. The third kappa shape index (κ3) is 1.97. The number of thiazole rings is 1. The van der Waals surface area contributed by atoms with Crippen molar-refractivity contribution < 1.29 is 12.8 Å². The fourth-order valence-corrected chi connectivity index (χ4v) is 3.20. The fraction of sp³-hybridized carbons (Fsp3) is 0.125. The van der Waals surface area contributed by atoms with Gasteiger partial charge >= 0.3 is 0 Å². The Morgan fingerprint density at radius 2 is 2.13 bits per heavy atom. The molecule has 3 nitrogen and oxygen atoms in total. The van der Waals surface area contributed by atoms with Gasteiger partial charge in [-0.2, -0.15) is 0 Å². The second kappa shape index (κ2) is 3.40. The van der Waals surface area contributed by atoms with E-state index in [0.717, 1.165) is 6.07 Å². The van der Waals surface area contributed by atoms with E-state index in [2.05, 4.69) is 4.98 Å². The highest BCUT2D eigenvalue weighted by Crippen LogP contribution is 2.30. The predicted octanol–water partition coefficient (Wildman–Crippen LogP) is 2.67. The number of hydrogen-bond acceptors (Lipinski definition) is 4. The Kier molecular flexibility index (Phi) is 2.44. The molecular weight excluding hydrogens is 261 g/mol. The van der Waals surface area contributed by atoms with Gasteiger partial charge in [-0.25, -0.2) is 17.8 Å². The highest BCUT2D eigenvalue weighted by Gasteiger charge is 2.18. The summed E-state index contributed by atoms with van der Waals surface area (Å²) in [6, 6.07) is 2.12. The van der Waals surface area contributed by atoms with Crippen LogP contribution < -0.4 is 0 Å². The normalized spacial score (nSPS) is 12.2. The highest BCUT2D eigenvalue weighted by atomic mass is 35.7. The van der Waals surface area contributed by atoms with Gasteiger partial charge in [0.05, 0.1) is 9.71 Å². The lowest BCUT2D eigenvalue weighted by Crippen LogP contribution is -1.93. The van der Waals surface area contributed by atoms with E-state index < -0.39 is 14.9 Å². The first-order valence-electron chi connectivity index (χ1n) is 3.89. The smallest absolute Gasteiger partial charge is 0.240 e. The topological polar surface area (TPSA) is 47.0 Å². The Morgan fingerprint density at radius 1 is 1.47 bits per heavy atom. The molecule has 0 atom stereocenters. The van der Waals surface area contributed by atoms with Gasteiger partial charge in [0.25, 0.3) is 9.05 Å². The molecular formula is C8H5ClFNO2S2. The molecule has 0 saturated heterocycles. The van der Waals surface area contributed by atoms with Gasteiger partial charge < -0.3 is 0 Å². The zero-order valence-electron chi connectivity index (χ0n) is 7.49. The van der Waals surface area contributed by atoms with Crippen molar-refractivity contribution in [3.63, 3.8) is 0 Å². The summed E-state index contributed by atoms with van der Waals surface area (Å²) >= 11 is 1.22. The molecule has 0 amide bonds. The quantitative estimate of drug-likeness (QED) is 0.745. The van der Waals surface area contributed by atoms with Crippen LogP contribution >= 0.6 is 22.0 Å². The molecule has 0 fully saturated rings. The molecule has 0 unspecified atom stereocenters. The highest BCUT2D eigenvalue weighted by molar-refractivity contribution is 8.14. The molecule has 0 saturated carbocycles. The van der Waals surface area contributed by atoms with Crippen molar-refractivity contribution in [3.05, 3.63) is 23.0 Å². The van der Waals surface area contributed by atoms with Crippen LogP contribution in [0.15, 0.2) is 17.0 Å². The van der Waals surface area contributed by atoms with Crippen molar-refractivity contribution in [2.24, 2.45) is 0 Å². The molecule has 80 valence electrons. The molecule has 15 heavy (non-hydrogen) atoms. The third-order valence-electron chi connectivity index (χ3n) is 1.79. The average Bonchev–Trinajstić information content (AvgIpc) is 2.41. The number of nitrogens with zero attached hydrogens (tertiary/aromatic N) is 1. The first kappa shape index (κ1) is 10.8. The molecule has 2 aromatic rings. The second-order valence-electron chi connectivity index (χ2n) is 2.92. The number of hydrogen-bond donors (Lipinski definition) is 0. The van der Waals surface area contributed by atoms with E-state index in [9.17, 15) is 12.8 Å². The van der Waals surface area contributed by atoms with Crippen molar-refractivity contribution in [3.8, 4) is 0 Å². The van der Waals surface area contributed by atoms with E-state index in [1.807, 2.05) is 0 Å². The Morgan fingerprint density at radius 3 is 2.73 bits per heavy atom. The summed E-state index contributed by atoms with van der Waals surface area (Å²) in [7, 11) is 1.23. The fourth-order valence-electron chi connectivity index (χ4n) is 1.26. The minimum Gasteiger partial charge on any atom is -0.240 e. The van der Waals surface area contributed by atoms with Crippen molar-refractivity contribution >= 4 is 41.3 Å². The minimum atomic E-state index is -3.96. The standard InChI is InChI=1S/C8H5ClFNO2S2/c1-4-11-8-6(14-4)2-5(10)3-7(8)15(9,12)13/h2-3H,1H3. The van der Waals surface area contributed by atoms with E-state index in [1.54, 1.807) is 6.92 Å².